The van der Waals surface area contributed by atoms with Crippen molar-refractivity contribution in [2.75, 3.05) is 9.80 Å². The lowest BCUT2D eigenvalue weighted by atomic mass is 10.2. The summed E-state index contributed by atoms with van der Waals surface area (Å²) in [5.74, 6) is 1.04. The van der Waals surface area contributed by atoms with Gasteiger partial charge in [-0.15, -0.1) is 0 Å². The number of ether oxygens (including phenoxy) is 1. The minimum Gasteiger partial charge on any atom is -0.489 e. The molecule has 3 heterocycles. The highest BCUT2D eigenvalue weighted by molar-refractivity contribution is 8.19. The Bertz CT molecular complexity index is 2420. The molecule has 6 aromatic rings. The van der Waals surface area contributed by atoms with Crippen LogP contribution in [0.15, 0.2) is 178 Å². The number of amidine groups is 2. The van der Waals surface area contributed by atoms with Gasteiger partial charge < -0.3 is 9.84 Å². The second-order valence-corrected chi connectivity index (χ2v) is 14.8. The van der Waals surface area contributed by atoms with E-state index in [0.29, 0.717) is 32.5 Å². The maximum Gasteiger partial charge on any atom is 0.271 e. The predicted octanol–water partition coefficient (Wildman–Crippen LogP) is 10.4. The zero-order valence-electron chi connectivity index (χ0n) is 29.8. The number of thioether (sulfide) groups is 2. The molecule has 2 aliphatic rings. The minimum absolute atomic E-state index is 0.156. The number of aromatic nitrogens is 1. The summed E-state index contributed by atoms with van der Waals surface area (Å²) in [4.78, 5) is 32.9. The van der Waals surface area contributed by atoms with Crippen LogP contribution in [0.1, 0.15) is 22.3 Å². The number of anilines is 2. The number of hydrogen-bond acceptors (Lipinski definition) is 8. The first-order chi connectivity index (χ1) is 27.0. The lowest BCUT2D eigenvalue weighted by molar-refractivity contribution is -0.113. The van der Waals surface area contributed by atoms with Crippen molar-refractivity contribution in [1.29, 1.82) is 0 Å². The Morgan fingerprint density at radius 2 is 1.40 bits per heavy atom. The number of aliphatic hydroxyl groups excluding tert-OH is 1. The third-order valence-electron chi connectivity index (χ3n) is 8.70. The molecular formula is C45H35N5O3S2. The van der Waals surface area contributed by atoms with Gasteiger partial charge in [-0.1, -0.05) is 109 Å². The average molecular weight is 758 g/mol. The van der Waals surface area contributed by atoms with E-state index in [1.165, 1.54) is 23.5 Å². The second-order valence-electron chi connectivity index (χ2n) is 12.7. The first-order valence-corrected chi connectivity index (χ1v) is 19.3. The van der Waals surface area contributed by atoms with Crippen LogP contribution >= 0.6 is 23.5 Å². The number of amides is 1. The van der Waals surface area contributed by atoms with Gasteiger partial charge in [0.25, 0.3) is 5.91 Å². The number of benzene rings is 5. The summed E-state index contributed by atoms with van der Waals surface area (Å²) in [6.45, 7) is 2.26. The molecule has 8 rings (SSSR count). The van der Waals surface area contributed by atoms with Crippen LogP contribution in [0.2, 0.25) is 0 Å². The molecule has 5 aromatic carbocycles. The van der Waals surface area contributed by atoms with Crippen LogP contribution in [0.5, 0.6) is 5.75 Å². The van der Waals surface area contributed by atoms with E-state index in [-0.39, 0.29) is 12.5 Å². The molecule has 8 nitrogen and oxygen atoms in total. The van der Waals surface area contributed by atoms with Crippen LogP contribution in [-0.4, -0.2) is 32.6 Å². The van der Waals surface area contributed by atoms with Gasteiger partial charge in [0.15, 0.2) is 22.4 Å². The quantitative estimate of drug-likeness (QED) is 0.147. The van der Waals surface area contributed by atoms with E-state index in [1.54, 1.807) is 11.1 Å². The third kappa shape index (κ3) is 8.47. The van der Waals surface area contributed by atoms with E-state index < -0.39 is 6.23 Å². The van der Waals surface area contributed by atoms with Gasteiger partial charge in [0, 0.05) is 16.8 Å². The number of para-hydroxylation sites is 1. The number of carbonyl (C=O) groups is 1. The van der Waals surface area contributed by atoms with E-state index in [4.69, 9.17) is 14.7 Å². The van der Waals surface area contributed by atoms with Gasteiger partial charge in [-0.3, -0.25) is 14.6 Å². The van der Waals surface area contributed by atoms with Crippen LogP contribution in [0.4, 0.5) is 22.9 Å². The van der Waals surface area contributed by atoms with Crippen LogP contribution in [-0.2, 0) is 11.4 Å². The fraction of sp³-hybridized carbons (Fsp3) is 0.0667. The number of hydrogen-bond donors (Lipinski definition) is 1. The molecule has 2 saturated heterocycles. The highest BCUT2D eigenvalue weighted by Crippen LogP contribution is 2.40. The fourth-order valence-electron chi connectivity index (χ4n) is 5.95. The normalized spacial score (nSPS) is 18.6. The Hall–Kier alpha value is -6.20. The molecule has 2 aliphatic heterocycles. The number of nitrogens with zero attached hydrogens (tertiary/aromatic N) is 5. The van der Waals surface area contributed by atoms with E-state index >= 15 is 0 Å². The zero-order chi connectivity index (χ0) is 37.6. The molecule has 10 heteroatoms. The number of carbonyl (C=O) groups excluding carboxylic acids is 1. The van der Waals surface area contributed by atoms with Gasteiger partial charge in [-0.05, 0) is 108 Å². The smallest absolute Gasteiger partial charge is 0.271 e. The molecule has 0 spiro atoms. The Balaban J connectivity index is 1.00. The maximum atomic E-state index is 13.9. The topological polar surface area (TPSA) is 90.6 Å². The van der Waals surface area contributed by atoms with Gasteiger partial charge in [0.2, 0.25) is 0 Å². The van der Waals surface area contributed by atoms with Crippen molar-refractivity contribution < 1.29 is 14.6 Å². The summed E-state index contributed by atoms with van der Waals surface area (Å²) < 4.78 is 6.21. The maximum absolute atomic E-state index is 13.9. The Kier molecular flexibility index (Phi) is 10.7. The number of aliphatic imine (C=N–C) groups is 2. The van der Waals surface area contributed by atoms with E-state index in [2.05, 4.69) is 4.98 Å². The highest BCUT2D eigenvalue weighted by atomic mass is 32.2. The molecule has 0 aliphatic carbocycles. The largest absolute Gasteiger partial charge is 0.489 e. The molecule has 0 radical (unpaired) electrons. The van der Waals surface area contributed by atoms with Crippen LogP contribution in [0, 0.1) is 6.92 Å². The lowest BCUT2D eigenvalue weighted by Gasteiger charge is -2.22. The number of aliphatic hydroxyl groups is 1. The fourth-order valence-corrected chi connectivity index (χ4v) is 8.01. The molecule has 1 atom stereocenters. The number of pyridine rings is 1. The zero-order valence-corrected chi connectivity index (χ0v) is 31.4. The highest BCUT2D eigenvalue weighted by Gasteiger charge is 2.36. The minimum atomic E-state index is -0.868. The van der Waals surface area contributed by atoms with E-state index in [0.717, 1.165) is 38.5 Å². The standard InChI is InChI=1S/C45H35N5O3S2/c1-31-20-25-41(46-29-31)48-45-50(43(52)40(55-45)28-33-14-7-3-8-15-33)37-19-11-16-34(26-37)30-53-38-23-21-35(22-24-38)47-44-49(36-17-9-4-10-18-36)42(51)39(54-44)27-32-12-5-2-6-13-32/h2-29,42,51H,30H2,1H3/b39-27-,40-28-,47-44-,48-45-. The van der Waals surface area contributed by atoms with Crippen molar-refractivity contribution in [2.24, 2.45) is 9.98 Å². The average Bonchev–Trinajstić information content (AvgIpc) is 3.69. The third-order valence-corrected chi connectivity index (χ3v) is 10.7. The van der Waals surface area contributed by atoms with Gasteiger partial charge in [0.1, 0.15) is 12.4 Å². The molecular weight excluding hydrogens is 723 g/mol. The van der Waals surface area contributed by atoms with Crippen LogP contribution < -0.4 is 14.5 Å². The van der Waals surface area contributed by atoms with Crippen molar-refractivity contribution in [3.63, 3.8) is 0 Å². The van der Waals surface area contributed by atoms with Crippen LogP contribution in [0.3, 0.4) is 0 Å². The van der Waals surface area contributed by atoms with Gasteiger partial charge in [-0.25, -0.2) is 15.0 Å². The summed E-state index contributed by atoms with van der Waals surface area (Å²) in [6.07, 6.45) is 4.78. The molecule has 2 fully saturated rings. The van der Waals surface area contributed by atoms with Crippen molar-refractivity contribution in [1.82, 2.24) is 4.98 Å². The monoisotopic (exact) mass is 757 g/mol. The number of rotatable bonds is 9. The number of aryl methyl sites for hydroxylation is 1. The van der Waals surface area contributed by atoms with Gasteiger partial charge in [-0.2, -0.15) is 0 Å². The molecule has 270 valence electrons. The van der Waals surface area contributed by atoms with E-state index in [9.17, 15) is 9.90 Å². The first-order valence-electron chi connectivity index (χ1n) is 17.6. The summed E-state index contributed by atoms with van der Waals surface area (Å²) in [5.41, 5.74) is 6.13. The summed E-state index contributed by atoms with van der Waals surface area (Å²) in [6, 6.07) is 48.6. The van der Waals surface area contributed by atoms with Crippen molar-refractivity contribution in [3.05, 3.63) is 190 Å². The van der Waals surface area contributed by atoms with Gasteiger partial charge in [0.05, 0.1) is 16.3 Å². The van der Waals surface area contributed by atoms with Crippen LogP contribution in [0.25, 0.3) is 12.2 Å². The Morgan fingerprint density at radius 3 is 2.09 bits per heavy atom. The Labute approximate surface area is 328 Å². The second kappa shape index (κ2) is 16.4. The lowest BCUT2D eigenvalue weighted by Crippen LogP contribution is -2.32. The van der Waals surface area contributed by atoms with E-state index in [1.807, 2.05) is 176 Å². The van der Waals surface area contributed by atoms with Crippen molar-refractivity contribution in [3.8, 4) is 5.75 Å². The first kappa shape index (κ1) is 35.8. The van der Waals surface area contributed by atoms with Crippen molar-refractivity contribution >= 4 is 74.8 Å². The Morgan fingerprint density at radius 1 is 0.727 bits per heavy atom. The summed E-state index contributed by atoms with van der Waals surface area (Å²) in [5, 5.41) is 12.6. The molecule has 1 unspecified atom stereocenters. The molecule has 0 saturated carbocycles. The molecule has 55 heavy (non-hydrogen) atoms. The van der Waals surface area contributed by atoms with Gasteiger partial charge >= 0.3 is 0 Å². The molecule has 1 amide bonds. The van der Waals surface area contributed by atoms with Crippen molar-refractivity contribution in [2.45, 2.75) is 19.8 Å². The molecule has 0 bridgehead atoms. The summed E-state index contributed by atoms with van der Waals surface area (Å²) >= 11 is 2.77. The predicted molar refractivity (Wildman–Crippen MR) is 227 cm³/mol. The molecule has 1 aromatic heterocycles. The molecule has 1 N–H and O–H groups in total. The SMILES string of the molecule is Cc1ccc(/N=C2\S/C(=C\c3ccccc3)C(=O)N2c2cccc(COc3ccc(/N=C4\S/C(=C\c5ccccc5)C(O)N4c4ccccc4)cc3)c2)nc1. The summed E-state index contributed by atoms with van der Waals surface area (Å²) in [7, 11) is 0.